The zero-order valence-corrected chi connectivity index (χ0v) is 6.59. The van der Waals surface area contributed by atoms with E-state index in [1.54, 1.807) is 6.92 Å². The van der Waals surface area contributed by atoms with Crippen molar-refractivity contribution in [3.63, 3.8) is 0 Å². The maximum Gasteiger partial charge on any atom is 0.0665 e. The molecule has 0 amide bonds. The van der Waals surface area contributed by atoms with Crippen molar-refractivity contribution in [3.05, 3.63) is 0 Å². The van der Waals surface area contributed by atoms with Gasteiger partial charge in [-0.05, 0) is 25.7 Å². The Morgan fingerprint density at radius 2 is 1.90 bits per heavy atom. The minimum Gasteiger partial charge on any atom is -0.392 e. The van der Waals surface area contributed by atoms with Crippen LogP contribution in [0.1, 0.15) is 32.6 Å². The highest BCUT2D eigenvalue weighted by Crippen LogP contribution is 2.27. The van der Waals surface area contributed by atoms with Crippen LogP contribution < -0.4 is 5.73 Å². The van der Waals surface area contributed by atoms with Gasteiger partial charge >= 0.3 is 0 Å². The van der Waals surface area contributed by atoms with Gasteiger partial charge in [-0.2, -0.15) is 0 Å². The maximum absolute atomic E-state index is 9.16. The van der Waals surface area contributed by atoms with Crippen LogP contribution in [-0.4, -0.2) is 17.3 Å². The lowest BCUT2D eigenvalue weighted by Gasteiger charge is -2.20. The fourth-order valence-corrected chi connectivity index (χ4v) is 1.74. The molecule has 10 heavy (non-hydrogen) atoms. The van der Waals surface area contributed by atoms with E-state index in [4.69, 9.17) is 10.8 Å². The Morgan fingerprint density at radius 1 is 1.40 bits per heavy atom. The molecule has 1 fully saturated rings. The molecule has 0 aromatic heterocycles. The summed E-state index contributed by atoms with van der Waals surface area (Å²) in [7, 11) is 0. The number of hydrogen-bond acceptors (Lipinski definition) is 2. The average molecular weight is 143 g/mol. The van der Waals surface area contributed by atoms with Crippen LogP contribution in [0.5, 0.6) is 0 Å². The summed E-state index contributed by atoms with van der Waals surface area (Å²) in [6.45, 7) is 1.78. The van der Waals surface area contributed by atoms with Gasteiger partial charge in [-0.3, -0.25) is 0 Å². The predicted octanol–water partition coefficient (Wildman–Crippen LogP) is 0.885. The van der Waals surface area contributed by atoms with E-state index in [0.29, 0.717) is 5.92 Å². The summed E-state index contributed by atoms with van der Waals surface area (Å²) >= 11 is 0. The third-order valence-corrected chi connectivity index (χ3v) is 2.50. The zero-order valence-electron chi connectivity index (χ0n) is 6.59. The second-order valence-electron chi connectivity index (χ2n) is 3.36. The van der Waals surface area contributed by atoms with E-state index in [0.717, 1.165) is 0 Å². The van der Waals surface area contributed by atoms with E-state index in [2.05, 4.69) is 0 Å². The lowest BCUT2D eigenvalue weighted by molar-refractivity contribution is 0.135. The average Bonchev–Trinajstić information content (AvgIpc) is 2.36. The van der Waals surface area contributed by atoms with Crippen molar-refractivity contribution in [3.8, 4) is 0 Å². The number of hydrogen-bond donors (Lipinski definition) is 2. The van der Waals surface area contributed by atoms with Gasteiger partial charge in [0.15, 0.2) is 0 Å². The molecule has 0 bridgehead atoms. The molecule has 1 aliphatic carbocycles. The van der Waals surface area contributed by atoms with E-state index >= 15 is 0 Å². The molecular weight excluding hydrogens is 126 g/mol. The van der Waals surface area contributed by atoms with Crippen LogP contribution in [0.2, 0.25) is 0 Å². The van der Waals surface area contributed by atoms with Crippen LogP contribution in [0.3, 0.4) is 0 Å². The van der Waals surface area contributed by atoms with Crippen molar-refractivity contribution in [2.75, 3.05) is 0 Å². The number of aliphatic hydroxyl groups is 1. The SMILES string of the molecule is C[C@@H](O)[C@@H](N)C1CCCC1. The lowest BCUT2D eigenvalue weighted by Crippen LogP contribution is -2.38. The molecule has 0 radical (unpaired) electrons. The second kappa shape index (κ2) is 3.35. The van der Waals surface area contributed by atoms with Crippen molar-refractivity contribution in [2.24, 2.45) is 11.7 Å². The van der Waals surface area contributed by atoms with Crippen molar-refractivity contribution < 1.29 is 5.11 Å². The smallest absolute Gasteiger partial charge is 0.0665 e. The van der Waals surface area contributed by atoms with Gasteiger partial charge in [0.05, 0.1) is 6.10 Å². The standard InChI is InChI=1S/C8H17NO/c1-6(10)8(9)7-4-2-3-5-7/h6-8,10H,2-5,9H2,1H3/t6-,8-/m1/s1. The van der Waals surface area contributed by atoms with Crippen molar-refractivity contribution in [1.82, 2.24) is 0 Å². The van der Waals surface area contributed by atoms with Crippen molar-refractivity contribution in [1.29, 1.82) is 0 Å². The molecule has 1 saturated carbocycles. The topological polar surface area (TPSA) is 46.2 Å². The molecular formula is C8H17NO. The second-order valence-corrected chi connectivity index (χ2v) is 3.36. The van der Waals surface area contributed by atoms with Gasteiger partial charge in [-0.25, -0.2) is 0 Å². The molecule has 0 aromatic carbocycles. The Hall–Kier alpha value is -0.0800. The predicted molar refractivity (Wildman–Crippen MR) is 41.6 cm³/mol. The molecule has 0 aromatic rings. The van der Waals surface area contributed by atoms with Gasteiger partial charge in [-0.1, -0.05) is 12.8 Å². The molecule has 2 atom stereocenters. The van der Waals surface area contributed by atoms with Crippen molar-refractivity contribution in [2.45, 2.75) is 44.8 Å². The molecule has 0 unspecified atom stereocenters. The lowest BCUT2D eigenvalue weighted by atomic mass is 9.95. The van der Waals surface area contributed by atoms with Gasteiger partial charge in [0, 0.05) is 6.04 Å². The van der Waals surface area contributed by atoms with Gasteiger partial charge in [0.25, 0.3) is 0 Å². The first-order chi connectivity index (χ1) is 4.72. The fraction of sp³-hybridized carbons (Fsp3) is 1.00. The monoisotopic (exact) mass is 143 g/mol. The van der Waals surface area contributed by atoms with E-state index in [1.807, 2.05) is 0 Å². The fourth-order valence-electron chi connectivity index (χ4n) is 1.74. The normalized spacial score (nSPS) is 26.7. The summed E-state index contributed by atoms with van der Waals surface area (Å²) in [6.07, 6.45) is 4.69. The summed E-state index contributed by atoms with van der Waals surface area (Å²) in [5.74, 6) is 0.583. The molecule has 60 valence electrons. The number of rotatable bonds is 2. The summed E-state index contributed by atoms with van der Waals surface area (Å²) in [4.78, 5) is 0. The van der Waals surface area contributed by atoms with E-state index in [-0.39, 0.29) is 12.1 Å². The van der Waals surface area contributed by atoms with Crippen LogP contribution in [0.15, 0.2) is 0 Å². The summed E-state index contributed by atoms with van der Waals surface area (Å²) in [6, 6.07) is 0.0162. The van der Waals surface area contributed by atoms with Crippen LogP contribution in [0, 0.1) is 5.92 Å². The van der Waals surface area contributed by atoms with Gasteiger partial charge < -0.3 is 10.8 Å². The third kappa shape index (κ3) is 1.70. The van der Waals surface area contributed by atoms with Crippen molar-refractivity contribution >= 4 is 0 Å². The van der Waals surface area contributed by atoms with E-state index in [9.17, 15) is 0 Å². The van der Waals surface area contributed by atoms with Gasteiger partial charge in [-0.15, -0.1) is 0 Å². The van der Waals surface area contributed by atoms with E-state index in [1.165, 1.54) is 25.7 Å². The number of aliphatic hydroxyl groups excluding tert-OH is 1. The summed E-state index contributed by atoms with van der Waals surface area (Å²) in [5, 5.41) is 9.16. The Kier molecular flexibility index (Phi) is 2.69. The molecule has 2 heteroatoms. The Morgan fingerprint density at radius 3 is 2.30 bits per heavy atom. The van der Waals surface area contributed by atoms with Gasteiger partial charge in [0.1, 0.15) is 0 Å². The van der Waals surface area contributed by atoms with Crippen LogP contribution in [-0.2, 0) is 0 Å². The first-order valence-corrected chi connectivity index (χ1v) is 4.15. The maximum atomic E-state index is 9.16. The molecule has 1 rings (SSSR count). The first-order valence-electron chi connectivity index (χ1n) is 4.15. The highest BCUT2D eigenvalue weighted by Gasteiger charge is 2.24. The molecule has 0 saturated heterocycles. The molecule has 0 heterocycles. The quantitative estimate of drug-likeness (QED) is 0.603. The molecule has 0 spiro atoms. The molecule has 0 aliphatic heterocycles. The minimum atomic E-state index is -0.330. The van der Waals surface area contributed by atoms with Crippen LogP contribution in [0.25, 0.3) is 0 Å². The zero-order chi connectivity index (χ0) is 7.56. The summed E-state index contributed by atoms with van der Waals surface area (Å²) in [5.41, 5.74) is 5.77. The highest BCUT2D eigenvalue weighted by atomic mass is 16.3. The minimum absolute atomic E-state index is 0.0162. The first kappa shape index (κ1) is 8.02. The Balaban J connectivity index is 2.32. The third-order valence-electron chi connectivity index (χ3n) is 2.50. The summed E-state index contributed by atoms with van der Waals surface area (Å²) < 4.78 is 0. The Labute approximate surface area is 62.4 Å². The van der Waals surface area contributed by atoms with Crippen LogP contribution in [0.4, 0.5) is 0 Å². The van der Waals surface area contributed by atoms with Crippen LogP contribution >= 0.6 is 0 Å². The Bertz CT molecular complexity index is 97.4. The van der Waals surface area contributed by atoms with Gasteiger partial charge in [0.2, 0.25) is 0 Å². The highest BCUT2D eigenvalue weighted by molar-refractivity contribution is 4.80. The molecule has 2 nitrogen and oxygen atoms in total. The molecule has 1 aliphatic rings. The molecule has 3 N–H and O–H groups in total. The largest absolute Gasteiger partial charge is 0.392 e. The van der Waals surface area contributed by atoms with E-state index < -0.39 is 0 Å². The number of nitrogens with two attached hydrogens (primary N) is 1.